The van der Waals surface area contributed by atoms with Crippen LogP contribution in [0.25, 0.3) is 0 Å². The van der Waals surface area contributed by atoms with E-state index in [0.717, 1.165) is 5.56 Å². The zero-order valence-electron chi connectivity index (χ0n) is 9.77. The van der Waals surface area contributed by atoms with Crippen LogP contribution in [0, 0.1) is 0 Å². The van der Waals surface area contributed by atoms with E-state index in [1.54, 1.807) is 0 Å². The molecule has 0 aliphatic heterocycles. The second-order valence-corrected chi connectivity index (χ2v) is 4.60. The van der Waals surface area contributed by atoms with Gasteiger partial charge in [-0.15, -0.1) is 0 Å². The van der Waals surface area contributed by atoms with E-state index in [0.29, 0.717) is 0 Å². The zero-order valence-corrected chi connectivity index (χ0v) is 11.3. The Kier molecular flexibility index (Phi) is 4.30. The van der Waals surface area contributed by atoms with Gasteiger partial charge in [-0.3, -0.25) is 0 Å². The Morgan fingerprint density at radius 2 is 1.79 bits per heavy atom. The van der Waals surface area contributed by atoms with Crippen LogP contribution in [0.15, 0.2) is 42.5 Å². The summed E-state index contributed by atoms with van der Waals surface area (Å²) in [5.41, 5.74) is 0.822. The maximum atomic E-state index is 11.9. The Morgan fingerprint density at radius 3 is 2.47 bits per heavy atom. The highest BCUT2D eigenvalue weighted by molar-refractivity contribution is 6.40. The molecule has 0 saturated heterocycles. The largest absolute Gasteiger partial charge is 0.506 e. The van der Waals surface area contributed by atoms with E-state index in [2.05, 4.69) is 0 Å². The molecule has 0 amide bonds. The van der Waals surface area contributed by atoms with Gasteiger partial charge in [-0.1, -0.05) is 53.5 Å². The second-order valence-electron chi connectivity index (χ2n) is 3.82. The van der Waals surface area contributed by atoms with E-state index in [-0.39, 0.29) is 28.0 Å². The van der Waals surface area contributed by atoms with Gasteiger partial charge < -0.3 is 9.84 Å². The minimum Gasteiger partial charge on any atom is -0.506 e. The highest BCUT2D eigenvalue weighted by atomic mass is 35.5. The molecule has 2 aromatic carbocycles. The first-order valence-corrected chi connectivity index (χ1v) is 6.23. The average molecular weight is 297 g/mol. The Labute approximate surface area is 120 Å². The number of carbonyl (C=O) groups is 1. The molecule has 98 valence electrons. The number of esters is 1. The van der Waals surface area contributed by atoms with Crippen molar-refractivity contribution in [3.63, 3.8) is 0 Å². The summed E-state index contributed by atoms with van der Waals surface area (Å²) >= 11 is 11.7. The van der Waals surface area contributed by atoms with E-state index >= 15 is 0 Å². The van der Waals surface area contributed by atoms with Gasteiger partial charge >= 0.3 is 5.97 Å². The number of carbonyl (C=O) groups excluding carboxylic acids is 1. The number of phenols is 1. The van der Waals surface area contributed by atoms with Crippen LogP contribution in [0.1, 0.15) is 15.9 Å². The third-order valence-corrected chi connectivity index (χ3v) is 3.19. The molecule has 0 spiro atoms. The van der Waals surface area contributed by atoms with E-state index < -0.39 is 5.97 Å². The van der Waals surface area contributed by atoms with Crippen molar-refractivity contribution in [1.82, 2.24) is 0 Å². The summed E-state index contributed by atoms with van der Waals surface area (Å²) in [6.07, 6.45) is 0. The molecule has 3 nitrogen and oxygen atoms in total. The first-order chi connectivity index (χ1) is 9.09. The van der Waals surface area contributed by atoms with Crippen LogP contribution in [0.3, 0.4) is 0 Å². The average Bonchev–Trinajstić information content (AvgIpc) is 2.42. The number of aromatic hydroxyl groups is 1. The van der Waals surface area contributed by atoms with Crippen LogP contribution in [-0.4, -0.2) is 11.1 Å². The van der Waals surface area contributed by atoms with Crippen LogP contribution in [0.2, 0.25) is 10.0 Å². The molecule has 1 N–H and O–H groups in total. The molecule has 0 aliphatic carbocycles. The van der Waals surface area contributed by atoms with E-state index in [9.17, 15) is 9.90 Å². The van der Waals surface area contributed by atoms with Gasteiger partial charge in [0.15, 0.2) is 0 Å². The first kappa shape index (κ1) is 13.7. The summed E-state index contributed by atoms with van der Waals surface area (Å²) in [7, 11) is 0. The van der Waals surface area contributed by atoms with Gasteiger partial charge in [0.1, 0.15) is 17.9 Å². The molecule has 0 radical (unpaired) electrons. The molecule has 5 heteroatoms. The van der Waals surface area contributed by atoms with Gasteiger partial charge in [-0.25, -0.2) is 4.79 Å². The molecule has 19 heavy (non-hydrogen) atoms. The van der Waals surface area contributed by atoms with Crippen molar-refractivity contribution in [2.24, 2.45) is 0 Å². The monoisotopic (exact) mass is 296 g/mol. The highest BCUT2D eigenvalue weighted by Gasteiger charge is 2.19. The Bertz CT molecular complexity index is 597. The fraction of sp³-hybridized carbons (Fsp3) is 0.0714. The molecule has 0 bridgehead atoms. The van der Waals surface area contributed by atoms with Crippen molar-refractivity contribution in [3.8, 4) is 5.75 Å². The lowest BCUT2D eigenvalue weighted by atomic mass is 10.2. The standard InChI is InChI=1S/C14H10Cl2O3/c15-10-6-7-11(17)13(16)12(10)14(18)19-8-9-4-2-1-3-5-9/h1-7,17H,8H2. The molecule has 0 aliphatic rings. The topological polar surface area (TPSA) is 46.5 Å². The zero-order chi connectivity index (χ0) is 13.8. The number of ether oxygens (including phenoxy) is 1. The van der Waals surface area contributed by atoms with E-state index in [1.807, 2.05) is 30.3 Å². The molecule has 0 fully saturated rings. The quantitative estimate of drug-likeness (QED) is 0.869. The summed E-state index contributed by atoms with van der Waals surface area (Å²) in [4.78, 5) is 11.9. The fourth-order valence-electron chi connectivity index (χ4n) is 1.52. The van der Waals surface area contributed by atoms with Crippen molar-refractivity contribution in [2.75, 3.05) is 0 Å². The third-order valence-electron chi connectivity index (χ3n) is 2.49. The minimum absolute atomic E-state index is 0.0285. The molecule has 0 aromatic heterocycles. The molecule has 0 unspecified atom stereocenters. The lowest BCUT2D eigenvalue weighted by Crippen LogP contribution is -2.07. The minimum atomic E-state index is -0.672. The smallest absolute Gasteiger partial charge is 0.341 e. The molecule has 0 atom stereocenters. The van der Waals surface area contributed by atoms with Gasteiger partial charge in [0.05, 0.1) is 10.0 Å². The maximum Gasteiger partial charge on any atom is 0.341 e. The van der Waals surface area contributed by atoms with Gasteiger partial charge in [-0.05, 0) is 17.7 Å². The molecule has 0 heterocycles. The van der Waals surface area contributed by atoms with Gasteiger partial charge in [-0.2, -0.15) is 0 Å². The second kappa shape index (κ2) is 5.95. The molecule has 2 rings (SSSR count). The van der Waals surface area contributed by atoms with E-state index in [4.69, 9.17) is 27.9 Å². The Balaban J connectivity index is 2.15. The summed E-state index contributed by atoms with van der Waals surface area (Å²) in [6, 6.07) is 11.9. The van der Waals surface area contributed by atoms with Crippen LogP contribution in [0.5, 0.6) is 5.75 Å². The molecular formula is C14H10Cl2O3. The van der Waals surface area contributed by atoms with Gasteiger partial charge in [0.2, 0.25) is 0 Å². The number of hydrogen-bond acceptors (Lipinski definition) is 3. The first-order valence-electron chi connectivity index (χ1n) is 5.47. The Morgan fingerprint density at radius 1 is 1.11 bits per heavy atom. The molecule has 2 aromatic rings. The normalized spacial score (nSPS) is 10.2. The molecular weight excluding hydrogens is 287 g/mol. The van der Waals surface area contributed by atoms with Crippen molar-refractivity contribution in [3.05, 3.63) is 63.6 Å². The van der Waals surface area contributed by atoms with Crippen molar-refractivity contribution in [2.45, 2.75) is 6.61 Å². The van der Waals surface area contributed by atoms with Crippen molar-refractivity contribution in [1.29, 1.82) is 0 Å². The summed E-state index contributed by atoms with van der Waals surface area (Å²) in [5.74, 6) is -0.882. The third kappa shape index (κ3) is 3.19. The van der Waals surface area contributed by atoms with Crippen LogP contribution in [0.4, 0.5) is 0 Å². The number of hydrogen-bond donors (Lipinski definition) is 1. The van der Waals surface area contributed by atoms with Crippen molar-refractivity contribution >= 4 is 29.2 Å². The number of rotatable bonds is 3. The van der Waals surface area contributed by atoms with Crippen LogP contribution >= 0.6 is 23.2 Å². The number of halogens is 2. The predicted octanol–water partition coefficient (Wildman–Crippen LogP) is 4.06. The fourth-order valence-corrected chi connectivity index (χ4v) is 2.05. The lowest BCUT2D eigenvalue weighted by molar-refractivity contribution is 0.0472. The highest BCUT2D eigenvalue weighted by Crippen LogP contribution is 2.33. The Hall–Kier alpha value is -1.71. The molecule has 0 saturated carbocycles. The van der Waals surface area contributed by atoms with Gasteiger partial charge in [0, 0.05) is 0 Å². The summed E-state index contributed by atoms with van der Waals surface area (Å²) < 4.78 is 5.11. The lowest BCUT2D eigenvalue weighted by Gasteiger charge is -2.09. The summed E-state index contributed by atoms with van der Waals surface area (Å²) in [5, 5.41) is 9.49. The maximum absolute atomic E-state index is 11.9. The number of phenolic OH excluding ortho intramolecular Hbond substituents is 1. The van der Waals surface area contributed by atoms with Crippen molar-refractivity contribution < 1.29 is 14.6 Å². The number of benzene rings is 2. The van der Waals surface area contributed by atoms with Crippen LogP contribution in [-0.2, 0) is 11.3 Å². The van der Waals surface area contributed by atoms with E-state index in [1.165, 1.54) is 12.1 Å². The summed E-state index contributed by atoms with van der Waals surface area (Å²) in [6.45, 7) is 0.113. The van der Waals surface area contributed by atoms with Crippen LogP contribution < -0.4 is 0 Å². The van der Waals surface area contributed by atoms with Gasteiger partial charge in [0.25, 0.3) is 0 Å². The predicted molar refractivity (Wildman–Crippen MR) is 73.7 cm³/mol. The SMILES string of the molecule is O=C(OCc1ccccc1)c1c(Cl)ccc(O)c1Cl.